The zero-order chi connectivity index (χ0) is 17.2. The van der Waals surface area contributed by atoms with Crippen molar-refractivity contribution in [2.75, 3.05) is 13.2 Å². The van der Waals surface area contributed by atoms with Gasteiger partial charge in [-0.1, -0.05) is 21.1 Å². The molecule has 0 atom stereocenters. The lowest BCUT2D eigenvalue weighted by molar-refractivity contribution is 0.0724. The number of benzene rings is 2. The molecule has 6 nitrogen and oxygen atoms in total. The molecule has 0 unspecified atom stereocenters. The van der Waals surface area contributed by atoms with Crippen LogP contribution in [0.25, 0.3) is 11.3 Å². The molecule has 1 aliphatic rings. The largest absolute Gasteiger partial charge is 0.486 e. The molecule has 7 heteroatoms. The number of nitrogens with zero attached hydrogens (tertiary/aromatic N) is 1. The average Bonchev–Trinajstić information content (AvgIpc) is 3.13. The maximum Gasteiger partial charge on any atom is 0.365 e. The van der Waals surface area contributed by atoms with Crippen LogP contribution in [0, 0.1) is 0 Å². The molecule has 0 saturated heterocycles. The Morgan fingerprint density at radius 3 is 2.56 bits per heavy atom. The van der Waals surface area contributed by atoms with Gasteiger partial charge in [-0.05, 0) is 42.5 Å². The highest BCUT2D eigenvalue weighted by Gasteiger charge is 2.18. The van der Waals surface area contributed by atoms with Crippen molar-refractivity contribution in [3.05, 3.63) is 58.7 Å². The topological polar surface area (TPSA) is 70.8 Å². The molecule has 0 amide bonds. The lowest BCUT2D eigenvalue weighted by Crippen LogP contribution is -2.15. The molecular weight excluding hydrogens is 390 g/mol. The number of aromatic nitrogens is 1. The van der Waals surface area contributed by atoms with Crippen molar-refractivity contribution < 1.29 is 23.5 Å². The van der Waals surface area contributed by atoms with Gasteiger partial charge in [-0.15, -0.1) is 0 Å². The van der Waals surface area contributed by atoms with E-state index in [1.807, 2.05) is 6.07 Å². The fourth-order valence-corrected chi connectivity index (χ4v) is 2.63. The van der Waals surface area contributed by atoms with Crippen LogP contribution >= 0.6 is 15.9 Å². The molecule has 1 aliphatic heterocycles. The minimum atomic E-state index is -0.588. The molecular formula is C18H12BrNO5. The van der Waals surface area contributed by atoms with Crippen LogP contribution in [-0.4, -0.2) is 24.3 Å². The first-order valence-corrected chi connectivity index (χ1v) is 8.33. The number of ether oxygens (including phenoxy) is 3. The normalized spacial score (nSPS) is 12.7. The fraction of sp³-hybridized carbons (Fsp3) is 0.111. The van der Waals surface area contributed by atoms with E-state index in [0.29, 0.717) is 36.2 Å². The molecule has 0 bridgehead atoms. The van der Waals surface area contributed by atoms with Gasteiger partial charge < -0.3 is 18.7 Å². The molecule has 4 rings (SSSR count). The Morgan fingerprint density at radius 2 is 1.76 bits per heavy atom. The summed E-state index contributed by atoms with van der Waals surface area (Å²) in [6.07, 6.45) is 0. The number of rotatable bonds is 3. The van der Waals surface area contributed by atoms with E-state index in [-0.39, 0.29) is 5.69 Å². The second kappa shape index (κ2) is 6.60. The molecule has 0 radical (unpaired) electrons. The second-order valence-corrected chi connectivity index (χ2v) is 6.19. The Morgan fingerprint density at radius 1 is 1.00 bits per heavy atom. The lowest BCUT2D eigenvalue weighted by atomic mass is 10.1. The molecule has 3 aromatic rings. The van der Waals surface area contributed by atoms with Crippen LogP contribution in [-0.2, 0) is 0 Å². The van der Waals surface area contributed by atoms with Gasteiger partial charge in [0.1, 0.15) is 19.0 Å². The first-order chi connectivity index (χ1) is 12.2. The zero-order valence-corrected chi connectivity index (χ0v) is 14.5. The summed E-state index contributed by atoms with van der Waals surface area (Å²) in [7, 11) is 0. The highest BCUT2D eigenvalue weighted by molar-refractivity contribution is 9.10. The summed E-state index contributed by atoms with van der Waals surface area (Å²) in [6, 6.07) is 13.9. The number of hydrogen-bond donors (Lipinski definition) is 0. The number of hydrogen-bond acceptors (Lipinski definition) is 6. The molecule has 1 aromatic heterocycles. The predicted octanol–water partition coefficient (Wildman–Crippen LogP) is 4.09. The van der Waals surface area contributed by atoms with Gasteiger partial charge in [0.25, 0.3) is 0 Å². The molecule has 25 heavy (non-hydrogen) atoms. The third-order valence-electron chi connectivity index (χ3n) is 3.57. The molecule has 0 fully saturated rings. The average molecular weight is 402 g/mol. The minimum Gasteiger partial charge on any atom is -0.486 e. The smallest absolute Gasteiger partial charge is 0.365 e. The van der Waals surface area contributed by atoms with Crippen LogP contribution in [0.15, 0.2) is 57.5 Å². The van der Waals surface area contributed by atoms with Gasteiger partial charge in [-0.2, -0.15) is 0 Å². The number of carbonyl (C=O) groups excluding carboxylic acids is 1. The summed E-state index contributed by atoms with van der Waals surface area (Å²) in [5, 5.41) is 3.79. The highest BCUT2D eigenvalue weighted by Crippen LogP contribution is 2.34. The van der Waals surface area contributed by atoms with Gasteiger partial charge in [0.15, 0.2) is 23.0 Å². The monoisotopic (exact) mass is 401 g/mol. The molecule has 0 saturated carbocycles. The van der Waals surface area contributed by atoms with E-state index in [1.165, 1.54) is 6.07 Å². The van der Waals surface area contributed by atoms with Crippen LogP contribution in [0.5, 0.6) is 17.2 Å². The van der Waals surface area contributed by atoms with Crippen LogP contribution in [0.1, 0.15) is 10.5 Å². The molecule has 2 heterocycles. The van der Waals surface area contributed by atoms with E-state index in [9.17, 15) is 4.79 Å². The Balaban J connectivity index is 1.53. The summed E-state index contributed by atoms with van der Waals surface area (Å²) in [5.41, 5.74) is 0.826. The molecule has 2 aromatic carbocycles. The quantitative estimate of drug-likeness (QED) is 0.486. The van der Waals surface area contributed by atoms with Gasteiger partial charge in [-0.3, -0.25) is 0 Å². The molecule has 0 aliphatic carbocycles. The number of carbonyl (C=O) groups is 1. The summed E-state index contributed by atoms with van der Waals surface area (Å²) in [4.78, 5) is 12.2. The minimum absolute atomic E-state index is 0.0906. The Labute approximate surface area is 151 Å². The highest BCUT2D eigenvalue weighted by atomic mass is 79.9. The summed E-state index contributed by atoms with van der Waals surface area (Å²) in [6.45, 7) is 1.03. The fourth-order valence-electron chi connectivity index (χ4n) is 2.37. The molecule has 0 spiro atoms. The van der Waals surface area contributed by atoms with E-state index >= 15 is 0 Å². The predicted molar refractivity (Wildman–Crippen MR) is 92.0 cm³/mol. The van der Waals surface area contributed by atoms with Crippen molar-refractivity contribution in [3.8, 4) is 28.6 Å². The van der Waals surface area contributed by atoms with Crippen LogP contribution in [0.3, 0.4) is 0 Å². The van der Waals surface area contributed by atoms with Crippen LogP contribution < -0.4 is 14.2 Å². The third kappa shape index (κ3) is 3.36. The van der Waals surface area contributed by atoms with E-state index in [2.05, 4.69) is 21.1 Å². The molecule has 126 valence electrons. The second-order valence-electron chi connectivity index (χ2n) is 5.28. The van der Waals surface area contributed by atoms with Crippen LogP contribution in [0.2, 0.25) is 0 Å². The number of halogens is 1. The first kappa shape index (κ1) is 15.7. The van der Waals surface area contributed by atoms with Gasteiger partial charge in [0.05, 0.1) is 0 Å². The third-order valence-corrected chi connectivity index (χ3v) is 4.10. The zero-order valence-electron chi connectivity index (χ0n) is 12.9. The van der Waals surface area contributed by atoms with Crippen molar-refractivity contribution in [1.29, 1.82) is 0 Å². The van der Waals surface area contributed by atoms with Crippen molar-refractivity contribution in [3.63, 3.8) is 0 Å². The van der Waals surface area contributed by atoms with Crippen molar-refractivity contribution in [1.82, 2.24) is 5.16 Å². The Hall–Kier alpha value is -2.80. The summed E-state index contributed by atoms with van der Waals surface area (Å²) < 4.78 is 22.5. The van der Waals surface area contributed by atoms with Crippen molar-refractivity contribution in [2.45, 2.75) is 0 Å². The van der Waals surface area contributed by atoms with E-state index in [4.69, 9.17) is 18.7 Å². The van der Waals surface area contributed by atoms with Gasteiger partial charge in [-0.25, -0.2) is 4.79 Å². The lowest BCUT2D eigenvalue weighted by Gasteiger charge is -2.18. The van der Waals surface area contributed by atoms with Gasteiger partial charge >= 0.3 is 5.97 Å². The standard InChI is InChI=1S/C18H12BrNO5/c19-12-2-4-13(5-3-12)24-18(21)14-10-16(25-20-14)11-1-6-15-17(9-11)23-8-7-22-15/h1-6,9-10H,7-8H2. The van der Waals surface area contributed by atoms with Crippen molar-refractivity contribution >= 4 is 21.9 Å². The Kier molecular flexibility index (Phi) is 4.15. The number of esters is 1. The number of fused-ring (bicyclic) bond motifs is 1. The van der Waals surface area contributed by atoms with Gasteiger partial charge in [0.2, 0.25) is 0 Å². The maximum atomic E-state index is 12.2. The summed E-state index contributed by atoms with van der Waals surface area (Å²) >= 11 is 3.32. The molecule has 0 N–H and O–H groups in total. The SMILES string of the molecule is O=C(Oc1ccc(Br)cc1)c1cc(-c2ccc3c(c2)OCCO3)on1. The van der Waals surface area contributed by atoms with Gasteiger partial charge in [0, 0.05) is 16.1 Å². The first-order valence-electron chi connectivity index (χ1n) is 7.53. The van der Waals surface area contributed by atoms with Crippen molar-refractivity contribution in [2.24, 2.45) is 0 Å². The van der Waals surface area contributed by atoms with E-state index in [0.717, 1.165) is 10.0 Å². The van der Waals surface area contributed by atoms with Crippen LogP contribution in [0.4, 0.5) is 0 Å². The maximum absolute atomic E-state index is 12.2. The van der Waals surface area contributed by atoms with E-state index < -0.39 is 5.97 Å². The summed E-state index contributed by atoms with van der Waals surface area (Å²) in [5.74, 6) is 1.61. The Bertz CT molecular complexity index is 919. The van der Waals surface area contributed by atoms with E-state index in [1.54, 1.807) is 36.4 Å².